The molecule has 6 aromatic carbocycles. The van der Waals surface area contributed by atoms with Crippen LogP contribution in [0.3, 0.4) is 0 Å². The number of aromatic nitrogens is 4. The molecule has 4 heterocycles. The van der Waals surface area contributed by atoms with E-state index in [0.717, 1.165) is 44.3 Å². The lowest BCUT2D eigenvalue weighted by Gasteiger charge is -2.27. The van der Waals surface area contributed by atoms with E-state index in [-0.39, 0.29) is 11.1 Å². The van der Waals surface area contributed by atoms with Gasteiger partial charge in [0.2, 0.25) is 0 Å². The van der Waals surface area contributed by atoms with E-state index < -0.39 is 0 Å². The van der Waals surface area contributed by atoms with Gasteiger partial charge in [-0.05, 0) is 132 Å². The van der Waals surface area contributed by atoms with Gasteiger partial charge in [0.25, 0.3) is 11.1 Å². The van der Waals surface area contributed by atoms with Gasteiger partial charge in [-0.25, -0.2) is 9.97 Å². The molecule has 0 N–H and O–H groups in total. The normalized spacial score (nSPS) is 11.6. The van der Waals surface area contributed by atoms with Crippen LogP contribution in [0.1, 0.15) is 0 Å². The van der Waals surface area contributed by atoms with Gasteiger partial charge in [-0.1, -0.05) is 0 Å². The highest BCUT2D eigenvalue weighted by molar-refractivity contribution is 6.35. The third-order valence-electron chi connectivity index (χ3n) is 11.4. The van der Waals surface area contributed by atoms with Crippen molar-refractivity contribution in [3.63, 3.8) is 0 Å². The van der Waals surface area contributed by atoms with Crippen molar-refractivity contribution in [1.29, 1.82) is 0 Å². The fourth-order valence-corrected chi connectivity index (χ4v) is 8.42. The molecule has 60 heavy (non-hydrogen) atoms. The van der Waals surface area contributed by atoms with Crippen molar-refractivity contribution in [2.75, 3.05) is 38.2 Å². The maximum atomic E-state index is 14.7. The molecule has 0 aliphatic heterocycles. The molecule has 0 saturated heterocycles. The van der Waals surface area contributed by atoms with Crippen LogP contribution in [0.25, 0.3) is 54.4 Å². The zero-order chi connectivity index (χ0) is 41.4. The maximum Gasteiger partial charge on any atom is 0.259 e. The maximum absolute atomic E-state index is 14.7. The molecule has 0 radical (unpaired) electrons. The Kier molecular flexibility index (Phi) is 8.46. The van der Waals surface area contributed by atoms with Crippen molar-refractivity contribution in [3.05, 3.63) is 142 Å². The molecule has 0 amide bonds. The van der Waals surface area contributed by atoms with Crippen molar-refractivity contribution in [1.82, 2.24) is 19.1 Å². The Labute approximate surface area is 343 Å². The molecule has 10 rings (SSSR count). The number of methoxy groups -OCH3 is 4. The highest BCUT2D eigenvalue weighted by Gasteiger charge is 2.27. The monoisotopic (exact) mass is 794 g/mol. The first-order valence-electron chi connectivity index (χ1n) is 19.2. The summed E-state index contributed by atoms with van der Waals surface area (Å²) in [6.07, 6.45) is 0. The zero-order valence-electron chi connectivity index (χ0n) is 33.7. The second-order valence-electron chi connectivity index (χ2n) is 14.6. The van der Waals surface area contributed by atoms with Gasteiger partial charge < -0.3 is 18.9 Å². The van der Waals surface area contributed by atoms with E-state index in [4.69, 9.17) is 28.9 Å². The largest absolute Gasteiger partial charge is 0.497 e. The molecule has 0 aliphatic carbocycles. The Morgan fingerprint density at radius 1 is 0.417 bits per heavy atom. The SMILES string of the molecule is COc1ccc(N(c2ccc(OC)cc2)c2cc3cc4c(=O)n(C)c5nc(N(c6ccc(OC)cc6)c6ccc(OC)cc6)cc6cc7c(=O)n(C)c(n2)c3c7c4c65)cc1. The van der Waals surface area contributed by atoms with Crippen LogP contribution in [0.5, 0.6) is 23.0 Å². The van der Waals surface area contributed by atoms with Crippen LogP contribution in [-0.4, -0.2) is 47.5 Å². The van der Waals surface area contributed by atoms with E-state index in [1.165, 1.54) is 0 Å². The highest BCUT2D eigenvalue weighted by atomic mass is 16.5. The molecule has 0 atom stereocenters. The van der Waals surface area contributed by atoms with Crippen LogP contribution in [0, 0.1) is 0 Å². The summed E-state index contributed by atoms with van der Waals surface area (Å²) in [6.45, 7) is 0. The molecule has 0 spiro atoms. The minimum Gasteiger partial charge on any atom is -0.497 e. The molecule has 0 unspecified atom stereocenters. The molecule has 12 heteroatoms. The van der Waals surface area contributed by atoms with Gasteiger partial charge in [0, 0.05) is 69.2 Å². The molecule has 0 aliphatic rings. The van der Waals surface area contributed by atoms with Crippen LogP contribution < -0.4 is 39.9 Å². The first-order chi connectivity index (χ1) is 29.2. The number of benzene rings is 6. The summed E-state index contributed by atoms with van der Waals surface area (Å²) >= 11 is 0. The predicted molar refractivity (Wildman–Crippen MR) is 238 cm³/mol. The number of rotatable bonds is 10. The number of anilines is 6. The fourth-order valence-electron chi connectivity index (χ4n) is 8.42. The van der Waals surface area contributed by atoms with Crippen LogP contribution in [0.4, 0.5) is 34.4 Å². The Bertz CT molecular complexity index is 3040. The van der Waals surface area contributed by atoms with Crippen molar-refractivity contribution in [2.24, 2.45) is 14.1 Å². The van der Waals surface area contributed by atoms with Crippen LogP contribution in [0.2, 0.25) is 0 Å². The average Bonchev–Trinajstić information content (AvgIpc) is 3.29. The van der Waals surface area contributed by atoms with Crippen LogP contribution in [0.15, 0.2) is 131 Å². The topological polar surface area (TPSA) is 113 Å². The van der Waals surface area contributed by atoms with E-state index in [0.29, 0.717) is 67.5 Å². The lowest BCUT2D eigenvalue weighted by Crippen LogP contribution is -2.23. The number of hydrogen-bond acceptors (Lipinski definition) is 10. The van der Waals surface area contributed by atoms with E-state index in [1.807, 2.05) is 131 Å². The van der Waals surface area contributed by atoms with Gasteiger partial charge in [0.1, 0.15) is 45.9 Å². The van der Waals surface area contributed by atoms with Gasteiger partial charge in [-0.2, -0.15) is 0 Å². The summed E-state index contributed by atoms with van der Waals surface area (Å²) in [6, 6.07) is 38.6. The standard InChI is InChI=1S/C48H38N6O6/c1-51-45-41-27(25-39(49-45)53(29-7-15-33(57-3)16-8-29)30-9-17-34(58-4)18-10-30)24-38-44-42-28(23-37(43(41)44)47(51)55)26-40(50-46(42)52(2)48(38)56)54(31-11-19-35(59-5)20-12-31)32-13-21-36(60-6)22-14-32/h7-26H,1-6H3. The Morgan fingerprint density at radius 3 is 0.967 bits per heavy atom. The third kappa shape index (κ3) is 5.52. The summed E-state index contributed by atoms with van der Waals surface area (Å²) in [5, 5.41) is 5.44. The number of hydrogen-bond donors (Lipinski definition) is 0. The first-order valence-corrected chi connectivity index (χ1v) is 19.2. The minimum absolute atomic E-state index is 0.235. The molecule has 4 aromatic heterocycles. The molecular formula is C48H38N6O6. The van der Waals surface area contributed by atoms with E-state index >= 15 is 0 Å². The molecule has 0 bridgehead atoms. The molecular weight excluding hydrogens is 757 g/mol. The number of nitrogens with zero attached hydrogens (tertiary/aromatic N) is 6. The van der Waals surface area contributed by atoms with Gasteiger partial charge in [-0.3, -0.25) is 28.5 Å². The predicted octanol–water partition coefficient (Wildman–Crippen LogP) is 9.49. The summed E-state index contributed by atoms with van der Waals surface area (Å²) in [7, 11) is 10.0. The van der Waals surface area contributed by atoms with Crippen molar-refractivity contribution in [2.45, 2.75) is 0 Å². The summed E-state index contributed by atoms with van der Waals surface area (Å²) < 4.78 is 25.1. The van der Waals surface area contributed by atoms with Crippen LogP contribution >= 0.6 is 0 Å². The third-order valence-corrected chi connectivity index (χ3v) is 11.4. The van der Waals surface area contributed by atoms with Gasteiger partial charge in [-0.15, -0.1) is 0 Å². The number of ether oxygens (including phenoxy) is 4. The van der Waals surface area contributed by atoms with Crippen molar-refractivity contribution in [3.8, 4) is 23.0 Å². The van der Waals surface area contributed by atoms with Crippen molar-refractivity contribution >= 4 is 88.8 Å². The fraction of sp³-hybridized carbons (Fsp3) is 0.125. The second-order valence-corrected chi connectivity index (χ2v) is 14.6. The summed E-state index contributed by atoms with van der Waals surface area (Å²) in [5.74, 6) is 3.96. The first kappa shape index (κ1) is 36.5. The highest BCUT2D eigenvalue weighted by Crippen LogP contribution is 2.45. The van der Waals surface area contributed by atoms with Crippen molar-refractivity contribution < 1.29 is 18.9 Å². The molecule has 296 valence electrons. The lowest BCUT2D eigenvalue weighted by molar-refractivity contribution is 0.414. The summed E-state index contributed by atoms with van der Waals surface area (Å²) in [5.41, 5.74) is 3.78. The molecule has 0 saturated carbocycles. The molecule has 12 nitrogen and oxygen atoms in total. The van der Waals surface area contributed by atoms with Crippen LogP contribution in [-0.2, 0) is 14.1 Å². The Balaban J connectivity index is 1.25. The van der Waals surface area contributed by atoms with Gasteiger partial charge in [0.05, 0.1) is 28.4 Å². The molecule has 0 fully saturated rings. The second kappa shape index (κ2) is 13.9. The number of aryl methyl sites for hydroxylation is 2. The van der Waals surface area contributed by atoms with E-state index in [1.54, 1.807) is 51.7 Å². The Hall–Kier alpha value is -7.86. The summed E-state index contributed by atoms with van der Waals surface area (Å²) in [4.78, 5) is 43.9. The smallest absolute Gasteiger partial charge is 0.259 e. The zero-order valence-corrected chi connectivity index (χ0v) is 33.7. The number of pyridine rings is 4. The molecule has 10 aromatic rings. The lowest BCUT2D eigenvalue weighted by atomic mass is 9.91. The van der Waals surface area contributed by atoms with Gasteiger partial charge >= 0.3 is 0 Å². The van der Waals surface area contributed by atoms with Gasteiger partial charge in [0.15, 0.2) is 0 Å². The minimum atomic E-state index is -0.235. The quantitative estimate of drug-likeness (QED) is 0.0980. The van der Waals surface area contributed by atoms with E-state index in [2.05, 4.69) is 0 Å². The van der Waals surface area contributed by atoms with E-state index in [9.17, 15) is 9.59 Å². The average molecular weight is 795 g/mol. The Morgan fingerprint density at radius 2 is 0.700 bits per heavy atom.